The van der Waals surface area contributed by atoms with E-state index in [2.05, 4.69) is 28.8 Å². The summed E-state index contributed by atoms with van der Waals surface area (Å²) < 4.78 is 5.63. The lowest BCUT2D eigenvalue weighted by Crippen LogP contribution is -2.45. The van der Waals surface area contributed by atoms with Crippen LogP contribution in [0.1, 0.15) is 93.9 Å². The van der Waals surface area contributed by atoms with Gasteiger partial charge < -0.3 is 9.25 Å². The van der Waals surface area contributed by atoms with Gasteiger partial charge in [0.05, 0.1) is 18.5 Å². The van der Waals surface area contributed by atoms with E-state index in [1.54, 1.807) is 0 Å². The van der Waals surface area contributed by atoms with Gasteiger partial charge in [-0.2, -0.15) is 0 Å². The highest BCUT2D eigenvalue weighted by atomic mass is 16.6. The van der Waals surface area contributed by atoms with Crippen molar-refractivity contribution in [3.63, 3.8) is 0 Å². The maximum atomic E-state index is 5.63. The van der Waals surface area contributed by atoms with Crippen LogP contribution in [-0.2, 0) is 11.3 Å². The minimum atomic E-state index is 0.374. The van der Waals surface area contributed by atoms with Crippen molar-refractivity contribution >= 4 is 5.71 Å². The Morgan fingerprint density at radius 2 is 1.66 bits per heavy atom. The minimum Gasteiger partial charge on any atom is -0.468 e. The maximum Gasteiger partial charge on any atom is 0.177 e. The fourth-order valence-corrected chi connectivity index (χ4v) is 5.42. The number of hydrogen-bond donors (Lipinski definition) is 0. The molecule has 1 aromatic rings. The van der Waals surface area contributed by atoms with Crippen molar-refractivity contribution in [3.8, 4) is 11.8 Å². The summed E-state index contributed by atoms with van der Waals surface area (Å²) in [5.74, 6) is 7.68. The zero-order valence-electron chi connectivity index (χ0n) is 18.0. The van der Waals surface area contributed by atoms with E-state index in [-0.39, 0.29) is 0 Å². The lowest BCUT2D eigenvalue weighted by atomic mass is 9.88. The average Bonchev–Trinajstić information content (AvgIpc) is 3.16. The normalized spacial score (nSPS) is 22.3. The second-order valence-corrected chi connectivity index (χ2v) is 8.99. The standard InChI is InChI=1S/C25H36N2O2/c1-20-19-28-24-16-10-15-23(25(20)24)26-29-18-9-8-17-27(21-11-4-2-5-12-21)22-13-6-3-7-14-22/h19,21-22H,2-7,10-18H2,1H3/b26-23+. The first-order valence-electron chi connectivity index (χ1n) is 11.8. The Bertz CT molecular complexity index is 725. The maximum absolute atomic E-state index is 5.63. The molecular formula is C25H36N2O2. The van der Waals surface area contributed by atoms with Gasteiger partial charge in [-0.1, -0.05) is 55.5 Å². The fourth-order valence-electron chi connectivity index (χ4n) is 5.42. The molecule has 158 valence electrons. The van der Waals surface area contributed by atoms with E-state index in [1.165, 1.54) is 64.2 Å². The molecule has 29 heavy (non-hydrogen) atoms. The van der Waals surface area contributed by atoms with Crippen molar-refractivity contribution in [2.24, 2.45) is 5.16 Å². The Kier molecular flexibility index (Phi) is 7.33. The van der Waals surface area contributed by atoms with Gasteiger partial charge in [0.25, 0.3) is 0 Å². The Morgan fingerprint density at radius 1 is 0.966 bits per heavy atom. The van der Waals surface area contributed by atoms with Crippen LogP contribution in [0, 0.1) is 18.8 Å². The second-order valence-electron chi connectivity index (χ2n) is 8.99. The van der Waals surface area contributed by atoms with E-state index in [9.17, 15) is 0 Å². The Balaban J connectivity index is 1.31. The molecule has 4 nitrogen and oxygen atoms in total. The quantitative estimate of drug-likeness (QED) is 0.368. The van der Waals surface area contributed by atoms with Crippen LogP contribution in [0.5, 0.6) is 0 Å². The van der Waals surface area contributed by atoms with Crippen molar-refractivity contribution < 1.29 is 9.25 Å². The second kappa shape index (κ2) is 10.3. The predicted molar refractivity (Wildman–Crippen MR) is 117 cm³/mol. The zero-order chi connectivity index (χ0) is 19.9. The van der Waals surface area contributed by atoms with Gasteiger partial charge in [-0.3, -0.25) is 4.90 Å². The highest BCUT2D eigenvalue weighted by molar-refractivity contribution is 6.03. The number of aryl methyl sites for hydroxylation is 2. The molecule has 1 aromatic heterocycles. The predicted octanol–water partition coefficient (Wildman–Crippen LogP) is 5.62. The van der Waals surface area contributed by atoms with Gasteiger partial charge in [-0.15, -0.1) is 0 Å². The third kappa shape index (κ3) is 5.25. The number of oxime groups is 1. The monoisotopic (exact) mass is 396 g/mol. The Morgan fingerprint density at radius 3 is 2.34 bits per heavy atom. The molecule has 3 aliphatic carbocycles. The highest BCUT2D eigenvalue weighted by Gasteiger charge is 2.28. The molecule has 0 unspecified atom stereocenters. The lowest BCUT2D eigenvalue weighted by Gasteiger charge is -2.40. The molecule has 0 N–H and O–H groups in total. The molecule has 4 rings (SSSR count). The molecular weight excluding hydrogens is 360 g/mol. The third-order valence-corrected chi connectivity index (χ3v) is 6.94. The van der Waals surface area contributed by atoms with E-state index in [1.807, 2.05) is 6.26 Å². The summed E-state index contributed by atoms with van der Waals surface area (Å²) in [6.07, 6.45) is 18.6. The van der Waals surface area contributed by atoms with Gasteiger partial charge in [0.2, 0.25) is 0 Å². The minimum absolute atomic E-state index is 0.374. The van der Waals surface area contributed by atoms with E-state index in [4.69, 9.17) is 9.25 Å². The molecule has 0 aliphatic heterocycles. The van der Waals surface area contributed by atoms with Crippen molar-refractivity contribution in [2.75, 3.05) is 13.2 Å². The summed E-state index contributed by atoms with van der Waals surface area (Å²) in [6, 6.07) is 1.49. The molecule has 0 bridgehead atoms. The smallest absolute Gasteiger partial charge is 0.177 e. The summed E-state index contributed by atoms with van der Waals surface area (Å²) in [5, 5.41) is 4.39. The van der Waals surface area contributed by atoms with E-state index >= 15 is 0 Å². The molecule has 0 atom stereocenters. The molecule has 2 saturated carbocycles. The number of furan rings is 1. The van der Waals surface area contributed by atoms with Crippen molar-refractivity contribution in [1.82, 2.24) is 4.90 Å². The van der Waals surface area contributed by atoms with Crippen LogP contribution < -0.4 is 0 Å². The SMILES string of the molecule is Cc1coc2c1/C(=N/OCC#CCN(C1CCCCC1)C1CCCCC1)CCC2. The number of rotatable bonds is 5. The van der Waals surface area contributed by atoms with Gasteiger partial charge >= 0.3 is 0 Å². The van der Waals surface area contributed by atoms with Crippen LogP contribution in [0.25, 0.3) is 0 Å². The van der Waals surface area contributed by atoms with Crippen LogP contribution in [0.2, 0.25) is 0 Å². The average molecular weight is 397 g/mol. The zero-order valence-corrected chi connectivity index (χ0v) is 18.0. The molecule has 0 saturated heterocycles. The molecule has 1 heterocycles. The molecule has 0 amide bonds. The van der Waals surface area contributed by atoms with Crippen LogP contribution in [-0.4, -0.2) is 35.8 Å². The van der Waals surface area contributed by atoms with Crippen LogP contribution >= 0.6 is 0 Å². The van der Waals surface area contributed by atoms with Gasteiger partial charge in [0.1, 0.15) is 5.76 Å². The first-order valence-corrected chi connectivity index (χ1v) is 11.8. The molecule has 4 heteroatoms. The van der Waals surface area contributed by atoms with Gasteiger partial charge in [0, 0.05) is 24.1 Å². The number of nitrogens with zero attached hydrogens (tertiary/aromatic N) is 2. The molecule has 0 aromatic carbocycles. The van der Waals surface area contributed by atoms with Crippen molar-refractivity contribution in [1.29, 1.82) is 0 Å². The van der Waals surface area contributed by atoms with Gasteiger partial charge in [-0.25, -0.2) is 0 Å². The largest absolute Gasteiger partial charge is 0.468 e. The Labute approximate surface area is 176 Å². The van der Waals surface area contributed by atoms with Crippen LogP contribution in [0.3, 0.4) is 0 Å². The van der Waals surface area contributed by atoms with Gasteiger partial charge in [-0.05, 0) is 51.0 Å². The third-order valence-electron chi connectivity index (χ3n) is 6.94. The first-order chi connectivity index (χ1) is 14.3. The van der Waals surface area contributed by atoms with E-state index in [0.29, 0.717) is 6.61 Å². The molecule has 0 spiro atoms. The molecule has 3 aliphatic rings. The van der Waals surface area contributed by atoms with E-state index in [0.717, 1.165) is 60.5 Å². The van der Waals surface area contributed by atoms with Crippen molar-refractivity contribution in [2.45, 2.75) is 102 Å². The number of hydrogen-bond acceptors (Lipinski definition) is 4. The summed E-state index contributed by atoms with van der Waals surface area (Å²) in [5.41, 5.74) is 3.33. The van der Waals surface area contributed by atoms with Crippen LogP contribution in [0.4, 0.5) is 0 Å². The van der Waals surface area contributed by atoms with Crippen molar-refractivity contribution in [3.05, 3.63) is 23.2 Å². The topological polar surface area (TPSA) is 38.0 Å². The Hall–Kier alpha value is -1.73. The summed E-state index contributed by atoms with van der Waals surface area (Å²) >= 11 is 0. The van der Waals surface area contributed by atoms with Gasteiger partial charge in [0.15, 0.2) is 6.61 Å². The fraction of sp³-hybridized carbons (Fsp3) is 0.720. The van der Waals surface area contributed by atoms with Crippen LogP contribution in [0.15, 0.2) is 15.8 Å². The highest BCUT2D eigenvalue weighted by Crippen LogP contribution is 2.30. The first kappa shape index (κ1) is 20.5. The number of fused-ring (bicyclic) bond motifs is 1. The summed E-state index contributed by atoms with van der Waals surface area (Å²) in [7, 11) is 0. The molecule has 2 fully saturated rings. The molecule has 0 radical (unpaired) electrons. The van der Waals surface area contributed by atoms with E-state index < -0.39 is 0 Å². The lowest BCUT2D eigenvalue weighted by molar-refractivity contribution is 0.0960. The summed E-state index contributed by atoms with van der Waals surface area (Å²) in [4.78, 5) is 8.32. The summed E-state index contributed by atoms with van der Waals surface area (Å²) in [6.45, 7) is 3.34.